The molecule has 244 valence electrons. The molecule has 0 atom stereocenters. The summed E-state index contributed by atoms with van der Waals surface area (Å²) >= 11 is 0. The number of hydrogen-bond donors (Lipinski definition) is 2. The van der Waals surface area contributed by atoms with E-state index in [1.807, 2.05) is 0 Å². The van der Waals surface area contributed by atoms with E-state index in [-0.39, 0.29) is 25.8 Å². The zero-order chi connectivity index (χ0) is 31.1. The van der Waals surface area contributed by atoms with Crippen LogP contribution in [0.3, 0.4) is 0 Å². The van der Waals surface area contributed by atoms with Gasteiger partial charge in [0.1, 0.15) is 5.75 Å². The molecular formula is C38H62O5. The molecule has 0 aliphatic heterocycles. The highest BCUT2D eigenvalue weighted by Crippen LogP contribution is 2.45. The third-order valence-electron chi connectivity index (χ3n) is 10.7. The first-order valence-electron chi connectivity index (χ1n) is 17.6. The zero-order valence-electron chi connectivity index (χ0n) is 27.7. The van der Waals surface area contributed by atoms with Crippen LogP contribution in [0, 0.1) is 23.2 Å². The second-order valence-electron chi connectivity index (χ2n) is 13.9. The number of esters is 1. The van der Waals surface area contributed by atoms with Crippen molar-refractivity contribution < 1.29 is 24.5 Å². The van der Waals surface area contributed by atoms with Crippen LogP contribution in [-0.2, 0) is 16.0 Å². The van der Waals surface area contributed by atoms with Crippen molar-refractivity contribution in [2.24, 2.45) is 23.2 Å². The maximum Gasteiger partial charge on any atom is 0.333 e. The third-order valence-corrected chi connectivity index (χ3v) is 10.7. The molecule has 1 aromatic rings. The summed E-state index contributed by atoms with van der Waals surface area (Å²) in [4.78, 5) is 12.0. The molecule has 0 radical (unpaired) electrons. The average molecular weight is 599 g/mol. The van der Waals surface area contributed by atoms with Crippen LogP contribution in [0.15, 0.2) is 30.4 Å². The number of carbonyl (C=O) groups excluding carboxylic acids is 1. The van der Waals surface area contributed by atoms with Crippen LogP contribution in [0.1, 0.15) is 141 Å². The fourth-order valence-electron chi connectivity index (χ4n) is 7.54. The number of rotatable bonds is 19. The molecule has 5 nitrogen and oxygen atoms in total. The van der Waals surface area contributed by atoms with E-state index >= 15 is 0 Å². The summed E-state index contributed by atoms with van der Waals surface area (Å²) in [6.07, 6.45) is 20.5. The molecule has 1 aromatic carbocycles. The van der Waals surface area contributed by atoms with Gasteiger partial charge < -0.3 is 19.7 Å². The molecule has 0 heterocycles. The maximum absolute atomic E-state index is 12.0. The molecule has 0 amide bonds. The predicted octanol–water partition coefficient (Wildman–Crippen LogP) is 8.94. The molecule has 0 saturated heterocycles. The molecule has 0 unspecified atom stereocenters. The number of aliphatic hydroxyl groups excluding tert-OH is 2. The second kappa shape index (κ2) is 18.8. The minimum atomic E-state index is -0.514. The largest absolute Gasteiger partial charge is 0.493 e. The highest BCUT2D eigenvalue weighted by atomic mass is 16.5. The number of aliphatic hydroxyl groups is 2. The lowest BCUT2D eigenvalue weighted by Crippen LogP contribution is -2.32. The minimum absolute atomic E-state index is 0.0431. The first kappa shape index (κ1) is 35.6. The van der Waals surface area contributed by atoms with Gasteiger partial charge in [-0.05, 0) is 99.2 Å². The van der Waals surface area contributed by atoms with Crippen LogP contribution in [-0.4, -0.2) is 42.6 Å². The first-order chi connectivity index (χ1) is 20.8. The minimum Gasteiger partial charge on any atom is -0.493 e. The Balaban J connectivity index is 1.59. The van der Waals surface area contributed by atoms with Crippen molar-refractivity contribution in [2.75, 3.05) is 26.4 Å². The summed E-state index contributed by atoms with van der Waals surface area (Å²) in [5, 5.41) is 20.1. The SMILES string of the molecule is C=C(C)C(=O)OCCc1cc(C2CCC(C3CCC(CCCCC)CC3)CC2)ccc1OCCC(CO)(CO)CCCC. The molecule has 0 aromatic heterocycles. The van der Waals surface area contributed by atoms with Crippen LogP contribution >= 0.6 is 0 Å². The number of unbranched alkanes of at least 4 members (excludes halogenated alkanes) is 3. The lowest BCUT2D eigenvalue weighted by molar-refractivity contribution is -0.138. The summed E-state index contributed by atoms with van der Waals surface area (Å²) in [7, 11) is 0. The van der Waals surface area contributed by atoms with E-state index in [0.717, 1.165) is 48.3 Å². The summed E-state index contributed by atoms with van der Waals surface area (Å²) in [6, 6.07) is 6.59. The number of benzene rings is 1. The van der Waals surface area contributed by atoms with Gasteiger partial charge >= 0.3 is 5.97 Å². The van der Waals surface area contributed by atoms with Gasteiger partial charge in [-0.2, -0.15) is 0 Å². The monoisotopic (exact) mass is 598 g/mol. The normalized spacial score (nSPS) is 22.7. The Morgan fingerprint density at radius 1 is 0.884 bits per heavy atom. The molecule has 2 aliphatic rings. The van der Waals surface area contributed by atoms with Crippen LogP contribution in [0.5, 0.6) is 5.75 Å². The molecule has 0 spiro atoms. The van der Waals surface area contributed by atoms with Crippen LogP contribution < -0.4 is 4.74 Å². The zero-order valence-corrected chi connectivity index (χ0v) is 27.7. The highest BCUT2D eigenvalue weighted by Gasteiger charge is 2.32. The van der Waals surface area contributed by atoms with Crippen molar-refractivity contribution in [3.05, 3.63) is 41.5 Å². The Hall–Kier alpha value is -1.85. The Kier molecular flexibility index (Phi) is 15.6. The van der Waals surface area contributed by atoms with E-state index in [0.29, 0.717) is 30.9 Å². The maximum atomic E-state index is 12.0. The lowest BCUT2D eigenvalue weighted by Gasteiger charge is -2.38. The summed E-state index contributed by atoms with van der Waals surface area (Å²) < 4.78 is 11.7. The molecule has 0 bridgehead atoms. The van der Waals surface area contributed by atoms with E-state index in [4.69, 9.17) is 9.47 Å². The Morgan fingerprint density at radius 2 is 1.53 bits per heavy atom. The van der Waals surface area contributed by atoms with Gasteiger partial charge in [-0.1, -0.05) is 83.9 Å². The Morgan fingerprint density at radius 3 is 2.14 bits per heavy atom. The van der Waals surface area contributed by atoms with E-state index in [1.165, 1.54) is 82.6 Å². The fraction of sp³-hybridized carbons (Fsp3) is 0.763. The van der Waals surface area contributed by atoms with Gasteiger partial charge in [-0.3, -0.25) is 0 Å². The van der Waals surface area contributed by atoms with Gasteiger partial charge in [-0.15, -0.1) is 0 Å². The standard InChI is InChI=1S/C38H62O5/c1-5-7-9-10-30-11-13-31(14-12-30)32-15-17-33(18-16-32)34-19-20-36(35(26-34)21-24-43-37(41)29(3)4)42-25-23-38(27-39,28-40)22-8-6-2/h19-20,26,30-33,39-40H,3,5-18,21-25,27-28H2,1-2,4H3. The number of carbonyl (C=O) groups is 1. The van der Waals surface area contributed by atoms with Crippen molar-refractivity contribution in [2.45, 2.75) is 136 Å². The van der Waals surface area contributed by atoms with Crippen LogP contribution in [0.25, 0.3) is 0 Å². The fourth-order valence-corrected chi connectivity index (χ4v) is 7.54. The third kappa shape index (κ3) is 11.2. The topological polar surface area (TPSA) is 76.0 Å². The van der Waals surface area contributed by atoms with E-state index in [9.17, 15) is 15.0 Å². The lowest BCUT2D eigenvalue weighted by atomic mass is 9.68. The molecular weight excluding hydrogens is 536 g/mol. The smallest absolute Gasteiger partial charge is 0.333 e. The van der Waals surface area contributed by atoms with Crippen LogP contribution in [0.2, 0.25) is 0 Å². The van der Waals surface area contributed by atoms with Gasteiger partial charge in [0.05, 0.1) is 26.4 Å². The molecule has 5 heteroatoms. The predicted molar refractivity (Wildman–Crippen MR) is 176 cm³/mol. The molecule has 43 heavy (non-hydrogen) atoms. The summed E-state index contributed by atoms with van der Waals surface area (Å²) in [5.41, 5.74) is 2.32. The molecule has 2 saturated carbocycles. The van der Waals surface area contributed by atoms with E-state index in [1.54, 1.807) is 6.92 Å². The molecule has 2 N–H and O–H groups in total. The van der Waals surface area contributed by atoms with Gasteiger partial charge in [-0.25, -0.2) is 4.79 Å². The summed E-state index contributed by atoms with van der Waals surface area (Å²) in [6.45, 7) is 10.4. The first-order valence-corrected chi connectivity index (χ1v) is 17.6. The molecule has 3 rings (SSSR count). The average Bonchev–Trinajstić information content (AvgIpc) is 3.04. The van der Waals surface area contributed by atoms with Gasteiger partial charge in [0, 0.05) is 17.4 Å². The highest BCUT2D eigenvalue weighted by molar-refractivity contribution is 5.86. The van der Waals surface area contributed by atoms with E-state index in [2.05, 4.69) is 38.6 Å². The van der Waals surface area contributed by atoms with Crippen molar-refractivity contribution in [3.8, 4) is 5.75 Å². The van der Waals surface area contributed by atoms with Gasteiger partial charge in [0.15, 0.2) is 0 Å². The molecule has 2 aliphatic carbocycles. The number of ether oxygens (including phenoxy) is 2. The Labute approximate surface area is 262 Å². The Bertz CT molecular complexity index is 951. The second-order valence-corrected chi connectivity index (χ2v) is 13.9. The summed E-state index contributed by atoms with van der Waals surface area (Å²) in [5.74, 6) is 3.81. The van der Waals surface area contributed by atoms with Gasteiger partial charge in [0.2, 0.25) is 0 Å². The van der Waals surface area contributed by atoms with Crippen molar-refractivity contribution >= 4 is 5.97 Å². The van der Waals surface area contributed by atoms with Crippen molar-refractivity contribution in [1.29, 1.82) is 0 Å². The quantitative estimate of drug-likeness (QED) is 0.0944. The van der Waals surface area contributed by atoms with Gasteiger partial charge in [0.25, 0.3) is 0 Å². The molecule has 2 fully saturated rings. The van der Waals surface area contributed by atoms with Crippen molar-refractivity contribution in [1.82, 2.24) is 0 Å². The van der Waals surface area contributed by atoms with Crippen molar-refractivity contribution in [3.63, 3.8) is 0 Å². The van der Waals surface area contributed by atoms with Crippen LogP contribution in [0.4, 0.5) is 0 Å². The van der Waals surface area contributed by atoms with E-state index < -0.39 is 5.41 Å². The number of hydrogen-bond acceptors (Lipinski definition) is 5.